The number of nitrogens with one attached hydrogen (secondary N) is 1. The summed E-state index contributed by atoms with van der Waals surface area (Å²) in [6.07, 6.45) is 4.71. The van der Waals surface area contributed by atoms with E-state index in [0.717, 1.165) is 30.2 Å². The van der Waals surface area contributed by atoms with Crippen LogP contribution in [0.3, 0.4) is 0 Å². The number of carbonyl (C=O) groups is 1. The largest absolute Gasteiger partial charge is 0.351 e. The lowest BCUT2D eigenvalue weighted by molar-refractivity contribution is 0.0948. The molecule has 0 radical (unpaired) electrons. The first-order valence-corrected chi connectivity index (χ1v) is 9.24. The molecule has 0 unspecified atom stereocenters. The Kier molecular flexibility index (Phi) is 5.72. The molecule has 0 aliphatic heterocycles. The lowest BCUT2D eigenvalue weighted by Gasteiger charge is -2.10. The van der Waals surface area contributed by atoms with Crippen molar-refractivity contribution in [2.24, 2.45) is 7.05 Å². The maximum Gasteiger partial charge on any atom is 0.269 e. The second kappa shape index (κ2) is 8.19. The van der Waals surface area contributed by atoms with E-state index in [1.54, 1.807) is 36.1 Å². The number of para-hydroxylation sites is 1. The van der Waals surface area contributed by atoms with Crippen LogP contribution in [-0.2, 0) is 7.05 Å². The van der Waals surface area contributed by atoms with Crippen LogP contribution in [0.25, 0.3) is 22.0 Å². The third-order valence-corrected chi connectivity index (χ3v) is 4.86. The van der Waals surface area contributed by atoms with Gasteiger partial charge in [0.2, 0.25) is 0 Å². The molecule has 7 heteroatoms. The number of amides is 1. The van der Waals surface area contributed by atoms with E-state index < -0.39 is 0 Å². The van der Waals surface area contributed by atoms with Crippen LogP contribution in [0.15, 0.2) is 30.5 Å². The van der Waals surface area contributed by atoms with Gasteiger partial charge in [0.05, 0.1) is 17.3 Å². The summed E-state index contributed by atoms with van der Waals surface area (Å²) in [5, 5.41) is 17.7. The molecule has 0 spiro atoms. The van der Waals surface area contributed by atoms with Gasteiger partial charge in [-0.05, 0) is 24.1 Å². The molecule has 0 aliphatic rings. The highest BCUT2D eigenvalue weighted by Gasteiger charge is 2.18. The lowest BCUT2D eigenvalue weighted by Crippen LogP contribution is -2.25. The maximum absolute atomic E-state index is 12.6. The number of hydrogen-bond donors (Lipinski definition) is 1. The Balaban J connectivity index is 2.12. The molecule has 27 heavy (non-hydrogen) atoms. The molecule has 1 N–H and O–H groups in total. The van der Waals surface area contributed by atoms with Gasteiger partial charge in [0.15, 0.2) is 0 Å². The minimum absolute atomic E-state index is 0.261. The average Bonchev–Trinajstić information content (AvgIpc) is 3.02. The van der Waals surface area contributed by atoms with Gasteiger partial charge in [0.1, 0.15) is 16.9 Å². The molecule has 3 rings (SSSR count). The summed E-state index contributed by atoms with van der Waals surface area (Å²) in [6.45, 7) is 2.70. The standard InChI is InChI=1S/C20H20ClN5O/c1-3-4-5-9-23-20(27)17-10-15(16-12-24-26(2)19(16)21)14-8-6-7-13(11-22)18(14)25-17/h6-8,10,12H,3-5,9H2,1-2H3,(H,23,27). The second-order valence-electron chi connectivity index (χ2n) is 6.30. The van der Waals surface area contributed by atoms with Crippen molar-refractivity contribution in [1.82, 2.24) is 20.1 Å². The SMILES string of the molecule is CCCCCNC(=O)c1cc(-c2cnn(C)c2Cl)c2cccc(C#N)c2n1. The molecule has 2 aromatic heterocycles. The Hall–Kier alpha value is -2.91. The predicted molar refractivity (Wildman–Crippen MR) is 106 cm³/mol. The number of rotatable bonds is 6. The van der Waals surface area contributed by atoms with Gasteiger partial charge in [-0.15, -0.1) is 0 Å². The minimum atomic E-state index is -0.262. The molecule has 6 nitrogen and oxygen atoms in total. The van der Waals surface area contributed by atoms with Crippen LogP contribution in [-0.4, -0.2) is 27.2 Å². The molecule has 0 saturated heterocycles. The fourth-order valence-corrected chi connectivity index (χ4v) is 3.14. The van der Waals surface area contributed by atoms with Gasteiger partial charge >= 0.3 is 0 Å². The van der Waals surface area contributed by atoms with E-state index in [0.29, 0.717) is 28.3 Å². The second-order valence-corrected chi connectivity index (χ2v) is 6.66. The molecular formula is C20H20ClN5O. The molecule has 0 atom stereocenters. The van der Waals surface area contributed by atoms with Crippen LogP contribution in [0, 0.1) is 11.3 Å². The van der Waals surface area contributed by atoms with Crippen molar-refractivity contribution < 1.29 is 4.79 Å². The first kappa shape index (κ1) is 18.9. The zero-order chi connectivity index (χ0) is 19.4. The first-order chi connectivity index (χ1) is 13.1. The minimum Gasteiger partial charge on any atom is -0.351 e. The van der Waals surface area contributed by atoms with E-state index in [-0.39, 0.29) is 11.6 Å². The van der Waals surface area contributed by atoms with Crippen LogP contribution in [0.1, 0.15) is 42.2 Å². The normalized spacial score (nSPS) is 10.7. The summed E-state index contributed by atoms with van der Waals surface area (Å²) in [5.41, 5.74) is 2.58. The molecule has 0 bridgehead atoms. The summed E-state index contributed by atoms with van der Waals surface area (Å²) >= 11 is 6.38. The fourth-order valence-electron chi connectivity index (χ4n) is 2.95. The molecule has 0 saturated carbocycles. The van der Waals surface area contributed by atoms with Crippen LogP contribution >= 0.6 is 11.6 Å². The van der Waals surface area contributed by atoms with Crippen LogP contribution in [0.2, 0.25) is 5.15 Å². The molecule has 1 aromatic carbocycles. The van der Waals surface area contributed by atoms with Crippen molar-refractivity contribution in [1.29, 1.82) is 5.26 Å². The van der Waals surface area contributed by atoms with Gasteiger partial charge in [0, 0.05) is 24.5 Å². The summed E-state index contributed by atoms with van der Waals surface area (Å²) in [7, 11) is 1.75. The summed E-state index contributed by atoms with van der Waals surface area (Å²) in [6, 6.07) is 9.20. The highest BCUT2D eigenvalue weighted by molar-refractivity contribution is 6.32. The van der Waals surface area contributed by atoms with E-state index in [2.05, 4.69) is 28.4 Å². The van der Waals surface area contributed by atoms with Gasteiger partial charge < -0.3 is 5.32 Å². The molecule has 138 valence electrons. The van der Waals surface area contributed by atoms with E-state index in [1.807, 2.05) is 6.07 Å². The Morgan fingerprint density at radius 1 is 1.33 bits per heavy atom. The van der Waals surface area contributed by atoms with Crippen LogP contribution in [0.5, 0.6) is 0 Å². The zero-order valence-electron chi connectivity index (χ0n) is 15.3. The molecule has 1 amide bonds. The van der Waals surface area contributed by atoms with Crippen molar-refractivity contribution in [3.63, 3.8) is 0 Å². The Bertz CT molecular complexity index is 1030. The number of fused-ring (bicyclic) bond motifs is 1. The van der Waals surface area contributed by atoms with E-state index >= 15 is 0 Å². The first-order valence-electron chi connectivity index (χ1n) is 8.86. The summed E-state index contributed by atoms with van der Waals surface area (Å²) in [4.78, 5) is 17.1. The third kappa shape index (κ3) is 3.79. The monoisotopic (exact) mass is 381 g/mol. The van der Waals surface area contributed by atoms with Crippen molar-refractivity contribution in [3.05, 3.63) is 46.9 Å². The van der Waals surface area contributed by atoms with Crippen LogP contribution in [0.4, 0.5) is 0 Å². The van der Waals surface area contributed by atoms with Crippen LogP contribution < -0.4 is 5.32 Å². The quantitative estimate of drug-likeness (QED) is 0.652. The lowest BCUT2D eigenvalue weighted by atomic mass is 10.00. The smallest absolute Gasteiger partial charge is 0.269 e. The van der Waals surface area contributed by atoms with Gasteiger partial charge in [-0.1, -0.05) is 43.5 Å². The predicted octanol–water partition coefficient (Wildman–Crippen LogP) is 4.08. The average molecular weight is 382 g/mol. The van der Waals surface area contributed by atoms with E-state index in [9.17, 15) is 10.1 Å². The maximum atomic E-state index is 12.6. The zero-order valence-corrected chi connectivity index (χ0v) is 16.0. The molecule has 2 heterocycles. The topological polar surface area (TPSA) is 83.6 Å². The summed E-state index contributed by atoms with van der Waals surface area (Å²) in [5.74, 6) is -0.262. The van der Waals surface area contributed by atoms with E-state index in [1.165, 1.54) is 0 Å². The molecule has 0 aliphatic carbocycles. The number of nitriles is 1. The number of aryl methyl sites for hydroxylation is 1. The van der Waals surface area contributed by atoms with Gasteiger partial charge in [-0.2, -0.15) is 10.4 Å². The summed E-state index contributed by atoms with van der Waals surface area (Å²) < 4.78 is 1.56. The third-order valence-electron chi connectivity index (χ3n) is 4.42. The van der Waals surface area contributed by atoms with Gasteiger partial charge in [-0.25, -0.2) is 4.98 Å². The number of hydrogen-bond acceptors (Lipinski definition) is 4. The Morgan fingerprint density at radius 3 is 2.81 bits per heavy atom. The number of halogens is 1. The number of unbranched alkanes of at least 4 members (excludes halogenated alkanes) is 2. The highest BCUT2D eigenvalue weighted by atomic mass is 35.5. The highest BCUT2D eigenvalue weighted by Crippen LogP contribution is 2.34. The number of carbonyl (C=O) groups excluding carboxylic acids is 1. The number of benzene rings is 1. The van der Waals surface area contributed by atoms with Crippen molar-refractivity contribution >= 4 is 28.4 Å². The number of pyridine rings is 1. The number of aromatic nitrogens is 3. The fraction of sp³-hybridized carbons (Fsp3) is 0.300. The Morgan fingerprint density at radius 2 is 2.15 bits per heavy atom. The van der Waals surface area contributed by atoms with Crippen molar-refractivity contribution in [2.75, 3.05) is 6.54 Å². The molecule has 0 fully saturated rings. The van der Waals surface area contributed by atoms with Gasteiger partial charge in [0.25, 0.3) is 5.91 Å². The Labute approximate surface area is 162 Å². The molecular weight excluding hydrogens is 362 g/mol. The van der Waals surface area contributed by atoms with Crippen molar-refractivity contribution in [3.8, 4) is 17.2 Å². The van der Waals surface area contributed by atoms with Crippen molar-refractivity contribution in [2.45, 2.75) is 26.2 Å². The van der Waals surface area contributed by atoms with Gasteiger partial charge in [-0.3, -0.25) is 9.48 Å². The van der Waals surface area contributed by atoms with E-state index in [4.69, 9.17) is 11.6 Å². The molecule has 3 aromatic rings. The number of nitrogens with zero attached hydrogens (tertiary/aromatic N) is 4.